The molecule has 1 heterocycles. The van der Waals surface area contributed by atoms with Gasteiger partial charge in [0.2, 0.25) is 0 Å². The lowest BCUT2D eigenvalue weighted by molar-refractivity contribution is -0.384. The van der Waals surface area contributed by atoms with Gasteiger partial charge in [-0.3, -0.25) is 10.1 Å². The van der Waals surface area contributed by atoms with E-state index in [0.717, 1.165) is 18.6 Å². The van der Waals surface area contributed by atoms with Gasteiger partial charge in [-0.1, -0.05) is 0 Å². The van der Waals surface area contributed by atoms with Gasteiger partial charge in [0, 0.05) is 24.6 Å². The number of nitro benzene ring substituents is 1. The van der Waals surface area contributed by atoms with Gasteiger partial charge in [0.15, 0.2) is 0 Å². The molecule has 108 valence electrons. The lowest BCUT2D eigenvalue weighted by Crippen LogP contribution is -2.16. The molecular formula is C15H15N3O3. The zero-order chi connectivity index (χ0) is 15.2. The molecule has 1 N–H and O–H groups in total. The Bertz CT molecular complexity index is 659. The van der Waals surface area contributed by atoms with E-state index >= 15 is 0 Å². The van der Waals surface area contributed by atoms with Crippen LogP contribution < -0.4 is 5.32 Å². The maximum Gasteiger partial charge on any atom is 0.270 e. The Hall–Kier alpha value is -2.81. The summed E-state index contributed by atoms with van der Waals surface area (Å²) in [7, 11) is 0. The van der Waals surface area contributed by atoms with E-state index in [1.165, 1.54) is 12.1 Å². The van der Waals surface area contributed by atoms with Crippen LogP contribution in [0.15, 0.2) is 41.0 Å². The Morgan fingerprint density at radius 2 is 2.29 bits per heavy atom. The molecule has 0 aliphatic carbocycles. The number of benzene rings is 1. The summed E-state index contributed by atoms with van der Waals surface area (Å²) in [6.07, 6.45) is 3.25. The van der Waals surface area contributed by atoms with Crippen LogP contribution in [0.4, 0.5) is 11.4 Å². The van der Waals surface area contributed by atoms with Crippen molar-refractivity contribution >= 4 is 11.4 Å². The third kappa shape index (κ3) is 3.83. The number of non-ortho nitro benzene ring substituents is 1. The molecule has 0 aliphatic heterocycles. The number of nitrogens with one attached hydrogen (secondary N) is 1. The second kappa shape index (κ2) is 6.57. The molecule has 21 heavy (non-hydrogen) atoms. The van der Waals surface area contributed by atoms with Gasteiger partial charge >= 0.3 is 0 Å². The van der Waals surface area contributed by atoms with Crippen molar-refractivity contribution in [3.63, 3.8) is 0 Å². The molecule has 6 nitrogen and oxygen atoms in total. The van der Waals surface area contributed by atoms with Gasteiger partial charge < -0.3 is 9.73 Å². The number of furan rings is 1. The van der Waals surface area contributed by atoms with Gasteiger partial charge in [0.25, 0.3) is 5.69 Å². The Morgan fingerprint density at radius 3 is 2.90 bits per heavy atom. The fourth-order valence-corrected chi connectivity index (χ4v) is 2.02. The maximum absolute atomic E-state index is 10.7. The minimum absolute atomic E-state index is 0.0830. The molecule has 0 radical (unpaired) electrons. The number of hydrogen-bond donors (Lipinski definition) is 1. The van der Waals surface area contributed by atoms with Gasteiger partial charge in [-0.15, -0.1) is 0 Å². The van der Waals surface area contributed by atoms with Crippen LogP contribution in [0.5, 0.6) is 0 Å². The van der Waals surface area contributed by atoms with Crippen LogP contribution >= 0.6 is 0 Å². The smallest absolute Gasteiger partial charge is 0.270 e. The van der Waals surface area contributed by atoms with Crippen molar-refractivity contribution in [1.29, 1.82) is 5.26 Å². The molecule has 0 aliphatic rings. The van der Waals surface area contributed by atoms with Crippen LogP contribution in [0.1, 0.15) is 24.7 Å². The third-order valence-corrected chi connectivity index (χ3v) is 3.14. The van der Waals surface area contributed by atoms with Crippen molar-refractivity contribution < 1.29 is 9.34 Å². The van der Waals surface area contributed by atoms with Crippen molar-refractivity contribution in [3.8, 4) is 6.07 Å². The van der Waals surface area contributed by atoms with E-state index in [0.29, 0.717) is 5.69 Å². The molecular weight excluding hydrogens is 270 g/mol. The van der Waals surface area contributed by atoms with E-state index in [1.54, 1.807) is 12.3 Å². The second-order valence-electron chi connectivity index (χ2n) is 4.76. The average Bonchev–Trinajstić information content (AvgIpc) is 2.98. The van der Waals surface area contributed by atoms with Crippen molar-refractivity contribution in [2.75, 3.05) is 5.32 Å². The van der Waals surface area contributed by atoms with Gasteiger partial charge in [0.05, 0.1) is 22.4 Å². The van der Waals surface area contributed by atoms with E-state index in [1.807, 2.05) is 25.1 Å². The summed E-state index contributed by atoms with van der Waals surface area (Å²) < 4.78 is 5.27. The summed E-state index contributed by atoms with van der Waals surface area (Å²) in [6.45, 7) is 1.99. The van der Waals surface area contributed by atoms with Crippen molar-refractivity contribution in [2.45, 2.75) is 25.8 Å². The number of hydrogen-bond acceptors (Lipinski definition) is 5. The Labute approximate surface area is 122 Å². The fraction of sp³-hybridized carbons (Fsp3) is 0.267. The molecule has 0 spiro atoms. The molecule has 0 saturated heterocycles. The van der Waals surface area contributed by atoms with Crippen LogP contribution in [-0.4, -0.2) is 11.0 Å². The molecule has 2 rings (SSSR count). The molecule has 0 fully saturated rings. The van der Waals surface area contributed by atoms with E-state index in [9.17, 15) is 10.1 Å². The molecule has 1 aromatic heterocycles. The minimum atomic E-state index is -0.509. The predicted molar refractivity (Wildman–Crippen MR) is 77.9 cm³/mol. The average molecular weight is 285 g/mol. The molecule has 2 aromatic rings. The van der Waals surface area contributed by atoms with Crippen LogP contribution in [-0.2, 0) is 6.42 Å². The first-order chi connectivity index (χ1) is 10.1. The normalized spacial score (nSPS) is 11.6. The predicted octanol–water partition coefficient (Wildman–Crippen LogP) is 3.49. The van der Waals surface area contributed by atoms with Crippen molar-refractivity contribution in [3.05, 3.63) is 58.0 Å². The summed E-state index contributed by atoms with van der Waals surface area (Å²) in [4.78, 5) is 10.2. The Balaban J connectivity index is 2.01. The number of rotatable bonds is 6. The SMILES string of the molecule is C[C@@H](CCc1ccco1)Nc1ccc([N+](=O)[O-])cc1C#N. The molecule has 1 aromatic carbocycles. The summed E-state index contributed by atoms with van der Waals surface area (Å²) in [5, 5.41) is 23.0. The first-order valence-corrected chi connectivity index (χ1v) is 6.57. The van der Waals surface area contributed by atoms with E-state index in [4.69, 9.17) is 9.68 Å². The zero-order valence-electron chi connectivity index (χ0n) is 11.6. The maximum atomic E-state index is 10.7. The number of nitro groups is 1. The van der Waals surface area contributed by atoms with E-state index < -0.39 is 4.92 Å². The lowest BCUT2D eigenvalue weighted by Gasteiger charge is -2.15. The monoisotopic (exact) mass is 285 g/mol. The Morgan fingerprint density at radius 1 is 1.48 bits per heavy atom. The van der Waals surface area contributed by atoms with Crippen LogP contribution in [0.3, 0.4) is 0 Å². The van der Waals surface area contributed by atoms with Gasteiger partial charge in [-0.25, -0.2) is 0 Å². The van der Waals surface area contributed by atoms with Crippen molar-refractivity contribution in [2.24, 2.45) is 0 Å². The summed E-state index contributed by atoms with van der Waals surface area (Å²) in [5.74, 6) is 0.910. The molecule has 0 saturated carbocycles. The van der Waals surface area contributed by atoms with Crippen molar-refractivity contribution in [1.82, 2.24) is 0 Å². The number of nitriles is 1. The van der Waals surface area contributed by atoms with E-state index in [-0.39, 0.29) is 17.3 Å². The molecule has 0 bridgehead atoms. The van der Waals surface area contributed by atoms with Crippen LogP contribution in [0.25, 0.3) is 0 Å². The third-order valence-electron chi connectivity index (χ3n) is 3.14. The highest BCUT2D eigenvalue weighted by Crippen LogP contribution is 2.22. The molecule has 6 heteroatoms. The number of nitrogens with zero attached hydrogens (tertiary/aromatic N) is 2. The highest BCUT2D eigenvalue weighted by Gasteiger charge is 2.12. The first-order valence-electron chi connectivity index (χ1n) is 6.57. The quantitative estimate of drug-likeness (QED) is 0.647. The van der Waals surface area contributed by atoms with Gasteiger partial charge in [-0.2, -0.15) is 5.26 Å². The summed E-state index contributed by atoms with van der Waals surface area (Å²) >= 11 is 0. The van der Waals surface area contributed by atoms with Gasteiger partial charge in [-0.05, 0) is 31.5 Å². The number of aryl methyl sites for hydroxylation is 1. The fourth-order valence-electron chi connectivity index (χ4n) is 2.02. The largest absolute Gasteiger partial charge is 0.469 e. The molecule has 0 amide bonds. The second-order valence-corrected chi connectivity index (χ2v) is 4.76. The first kappa shape index (κ1) is 14.6. The molecule has 1 atom stereocenters. The van der Waals surface area contributed by atoms with E-state index in [2.05, 4.69) is 5.32 Å². The van der Waals surface area contributed by atoms with Gasteiger partial charge in [0.1, 0.15) is 11.8 Å². The highest BCUT2D eigenvalue weighted by molar-refractivity contribution is 5.61. The highest BCUT2D eigenvalue weighted by atomic mass is 16.6. The van der Waals surface area contributed by atoms with Crippen LogP contribution in [0, 0.1) is 21.4 Å². The van der Waals surface area contributed by atoms with Crippen LogP contribution in [0.2, 0.25) is 0 Å². The summed E-state index contributed by atoms with van der Waals surface area (Å²) in [6, 6.07) is 10.1. The number of anilines is 1. The zero-order valence-corrected chi connectivity index (χ0v) is 11.6. The standard InChI is InChI=1S/C15H15N3O3/c1-11(4-6-14-3-2-8-21-14)17-15-7-5-13(18(19)20)9-12(15)10-16/h2-3,5,7-9,11,17H,4,6H2,1H3/t11-/m0/s1. The Kier molecular flexibility index (Phi) is 4.57. The molecule has 0 unspecified atom stereocenters. The summed E-state index contributed by atoms with van der Waals surface area (Å²) in [5.41, 5.74) is 0.796. The topological polar surface area (TPSA) is 92.1 Å². The lowest BCUT2D eigenvalue weighted by atomic mass is 10.1. The minimum Gasteiger partial charge on any atom is -0.469 e.